The number of carboxylic acid groups (broad SMARTS) is 1. The van der Waals surface area contributed by atoms with Crippen molar-refractivity contribution in [2.45, 2.75) is 44.7 Å². The van der Waals surface area contributed by atoms with Crippen molar-refractivity contribution in [3.63, 3.8) is 0 Å². The molecule has 2 N–H and O–H groups in total. The second-order valence-corrected chi connectivity index (χ2v) is 7.63. The molecule has 1 atom stereocenters. The maximum absolute atomic E-state index is 12.6. The molecule has 7 heteroatoms. The fourth-order valence-electron chi connectivity index (χ4n) is 4.15. The van der Waals surface area contributed by atoms with E-state index < -0.39 is 5.97 Å². The Bertz CT molecular complexity index is 617. The number of hydrogen-bond acceptors (Lipinski definition) is 5. The van der Waals surface area contributed by atoms with Gasteiger partial charge in [0.15, 0.2) is 0 Å². The predicted molar refractivity (Wildman–Crippen MR) is 102 cm³/mol. The van der Waals surface area contributed by atoms with E-state index in [0.717, 1.165) is 57.4 Å². The molecule has 2 fully saturated rings. The average Bonchev–Trinajstić information content (AvgIpc) is 2.71. The SMILES string of the molecule is O=C(O)CCN1CCC(N2CCCC(C(=O)NCc3cccnc3)C2)CC1. The molecule has 2 aliphatic rings. The molecule has 148 valence electrons. The normalized spacial score (nSPS) is 22.4. The number of aromatic nitrogens is 1. The number of carboxylic acids is 1. The lowest BCUT2D eigenvalue weighted by atomic mass is 9.93. The minimum atomic E-state index is -0.728. The molecule has 7 nitrogen and oxygen atoms in total. The van der Waals surface area contributed by atoms with Gasteiger partial charge in [-0.05, 0) is 56.9 Å². The zero-order valence-electron chi connectivity index (χ0n) is 15.8. The van der Waals surface area contributed by atoms with Gasteiger partial charge in [-0.25, -0.2) is 0 Å². The van der Waals surface area contributed by atoms with Crippen LogP contribution in [-0.2, 0) is 16.1 Å². The number of piperidine rings is 2. The fraction of sp³-hybridized carbons (Fsp3) is 0.650. The van der Waals surface area contributed by atoms with E-state index >= 15 is 0 Å². The number of aliphatic carboxylic acids is 1. The van der Waals surface area contributed by atoms with Crippen LogP contribution in [0.15, 0.2) is 24.5 Å². The Kier molecular flexibility index (Phi) is 7.18. The van der Waals surface area contributed by atoms with Gasteiger partial charge in [0.25, 0.3) is 0 Å². The predicted octanol–water partition coefficient (Wildman–Crippen LogP) is 1.35. The number of pyridine rings is 1. The smallest absolute Gasteiger partial charge is 0.304 e. The summed E-state index contributed by atoms with van der Waals surface area (Å²) in [6.45, 7) is 4.97. The number of hydrogen-bond donors (Lipinski definition) is 2. The maximum atomic E-state index is 12.6. The standard InChI is InChI=1S/C20H30N4O3/c25-19(26)7-12-23-10-5-18(6-11-23)24-9-2-4-17(15-24)20(27)22-14-16-3-1-8-21-13-16/h1,3,8,13,17-18H,2,4-7,9-12,14-15H2,(H,22,27)(H,25,26). The van der Waals surface area contributed by atoms with Gasteiger partial charge in [-0.2, -0.15) is 0 Å². The van der Waals surface area contributed by atoms with E-state index in [-0.39, 0.29) is 18.2 Å². The van der Waals surface area contributed by atoms with Crippen molar-refractivity contribution >= 4 is 11.9 Å². The van der Waals surface area contributed by atoms with Crippen LogP contribution in [0.3, 0.4) is 0 Å². The largest absolute Gasteiger partial charge is 0.481 e. The Labute approximate surface area is 160 Å². The number of amides is 1. The first-order chi connectivity index (χ1) is 13.1. The molecule has 0 spiro atoms. The summed E-state index contributed by atoms with van der Waals surface area (Å²) in [5.74, 6) is -0.531. The first-order valence-electron chi connectivity index (χ1n) is 9.96. The van der Waals surface area contributed by atoms with Crippen molar-refractivity contribution in [3.05, 3.63) is 30.1 Å². The third-order valence-electron chi connectivity index (χ3n) is 5.73. The third kappa shape index (κ3) is 6.01. The van der Waals surface area contributed by atoms with Gasteiger partial charge in [0.2, 0.25) is 5.91 Å². The lowest BCUT2D eigenvalue weighted by Crippen LogP contribution is -2.50. The highest BCUT2D eigenvalue weighted by atomic mass is 16.4. The second kappa shape index (κ2) is 9.80. The van der Waals surface area contributed by atoms with Gasteiger partial charge >= 0.3 is 5.97 Å². The van der Waals surface area contributed by atoms with Gasteiger partial charge in [0.05, 0.1) is 12.3 Å². The fourth-order valence-corrected chi connectivity index (χ4v) is 4.15. The second-order valence-electron chi connectivity index (χ2n) is 7.63. The van der Waals surface area contributed by atoms with Crippen molar-refractivity contribution in [1.29, 1.82) is 0 Å². The molecule has 0 radical (unpaired) electrons. The molecular formula is C20H30N4O3. The third-order valence-corrected chi connectivity index (χ3v) is 5.73. The van der Waals surface area contributed by atoms with Crippen LogP contribution in [0.2, 0.25) is 0 Å². The minimum absolute atomic E-state index is 0.0560. The van der Waals surface area contributed by atoms with Gasteiger partial charge in [-0.1, -0.05) is 6.07 Å². The zero-order chi connectivity index (χ0) is 19.1. The van der Waals surface area contributed by atoms with Gasteiger partial charge in [-0.15, -0.1) is 0 Å². The van der Waals surface area contributed by atoms with Crippen LogP contribution >= 0.6 is 0 Å². The summed E-state index contributed by atoms with van der Waals surface area (Å²) < 4.78 is 0. The van der Waals surface area contributed by atoms with Crippen molar-refractivity contribution in [3.8, 4) is 0 Å². The van der Waals surface area contributed by atoms with Crippen LogP contribution in [0.25, 0.3) is 0 Å². The van der Waals surface area contributed by atoms with E-state index in [0.29, 0.717) is 19.1 Å². The molecular weight excluding hydrogens is 344 g/mol. The van der Waals surface area contributed by atoms with Gasteiger partial charge < -0.3 is 15.3 Å². The number of nitrogens with one attached hydrogen (secondary N) is 1. The number of rotatable bonds is 7. The monoisotopic (exact) mass is 374 g/mol. The van der Waals surface area contributed by atoms with E-state index in [9.17, 15) is 9.59 Å². The van der Waals surface area contributed by atoms with Crippen LogP contribution in [0.4, 0.5) is 0 Å². The van der Waals surface area contributed by atoms with Crippen LogP contribution in [-0.4, -0.2) is 70.5 Å². The molecule has 2 aliphatic heterocycles. The highest BCUT2D eigenvalue weighted by molar-refractivity contribution is 5.78. The molecule has 27 heavy (non-hydrogen) atoms. The molecule has 2 saturated heterocycles. The molecule has 1 aromatic heterocycles. The Morgan fingerprint density at radius 2 is 2.04 bits per heavy atom. The van der Waals surface area contributed by atoms with Crippen LogP contribution < -0.4 is 5.32 Å². The highest BCUT2D eigenvalue weighted by Crippen LogP contribution is 2.24. The number of carbonyl (C=O) groups is 2. The van der Waals surface area contributed by atoms with Gasteiger partial charge in [0, 0.05) is 38.1 Å². The lowest BCUT2D eigenvalue weighted by molar-refractivity contribution is -0.137. The quantitative estimate of drug-likeness (QED) is 0.749. The van der Waals surface area contributed by atoms with Crippen molar-refractivity contribution in [2.75, 3.05) is 32.7 Å². The summed E-state index contributed by atoms with van der Waals surface area (Å²) in [4.78, 5) is 32.1. The van der Waals surface area contributed by atoms with E-state index in [1.165, 1.54) is 0 Å². The summed E-state index contributed by atoms with van der Waals surface area (Å²) in [6.07, 6.45) is 7.86. The van der Waals surface area contributed by atoms with E-state index in [4.69, 9.17) is 5.11 Å². The topological polar surface area (TPSA) is 85.8 Å². The number of carbonyl (C=O) groups excluding carboxylic acids is 1. The van der Waals surface area contributed by atoms with Crippen LogP contribution in [0.5, 0.6) is 0 Å². The Morgan fingerprint density at radius 1 is 1.22 bits per heavy atom. The summed E-state index contributed by atoms with van der Waals surface area (Å²) in [6, 6.07) is 4.37. The zero-order valence-corrected chi connectivity index (χ0v) is 15.8. The Hall–Kier alpha value is -1.99. The Balaban J connectivity index is 1.42. The summed E-state index contributed by atoms with van der Waals surface area (Å²) in [5, 5.41) is 11.9. The van der Waals surface area contributed by atoms with Crippen molar-refractivity contribution < 1.29 is 14.7 Å². The van der Waals surface area contributed by atoms with Crippen LogP contribution in [0, 0.1) is 5.92 Å². The molecule has 1 amide bonds. The van der Waals surface area contributed by atoms with Gasteiger partial charge in [0.1, 0.15) is 0 Å². The Morgan fingerprint density at radius 3 is 2.74 bits per heavy atom. The number of nitrogens with zero attached hydrogens (tertiary/aromatic N) is 3. The first-order valence-corrected chi connectivity index (χ1v) is 9.96. The maximum Gasteiger partial charge on any atom is 0.304 e. The molecule has 0 saturated carbocycles. The molecule has 1 aromatic rings. The number of likely N-dealkylation sites (tertiary alicyclic amines) is 2. The van der Waals surface area contributed by atoms with Crippen LogP contribution in [0.1, 0.15) is 37.7 Å². The molecule has 1 unspecified atom stereocenters. The summed E-state index contributed by atoms with van der Waals surface area (Å²) in [5.41, 5.74) is 1.02. The summed E-state index contributed by atoms with van der Waals surface area (Å²) >= 11 is 0. The van der Waals surface area contributed by atoms with Crippen molar-refractivity contribution in [2.24, 2.45) is 5.92 Å². The first kappa shape index (κ1) is 19.8. The molecule has 0 aromatic carbocycles. The highest BCUT2D eigenvalue weighted by Gasteiger charge is 2.31. The average molecular weight is 374 g/mol. The van der Waals surface area contributed by atoms with E-state index in [1.807, 2.05) is 12.1 Å². The van der Waals surface area contributed by atoms with E-state index in [1.54, 1.807) is 12.4 Å². The van der Waals surface area contributed by atoms with Crippen molar-refractivity contribution in [1.82, 2.24) is 20.1 Å². The molecule has 0 aliphatic carbocycles. The van der Waals surface area contributed by atoms with Gasteiger partial charge in [-0.3, -0.25) is 19.5 Å². The molecule has 0 bridgehead atoms. The molecule has 3 heterocycles. The summed E-state index contributed by atoms with van der Waals surface area (Å²) in [7, 11) is 0. The van der Waals surface area contributed by atoms with E-state index in [2.05, 4.69) is 20.1 Å². The molecule has 3 rings (SSSR count). The lowest BCUT2D eigenvalue weighted by Gasteiger charge is -2.42. The minimum Gasteiger partial charge on any atom is -0.481 e.